The molecule has 0 aromatic carbocycles. The van der Waals surface area contributed by atoms with Gasteiger partial charge in [0.05, 0.1) is 18.4 Å². The molecule has 0 radical (unpaired) electrons. The van der Waals surface area contributed by atoms with Gasteiger partial charge in [0.1, 0.15) is 5.82 Å². The molecule has 1 heterocycles. The van der Waals surface area contributed by atoms with Crippen LogP contribution in [-0.4, -0.2) is 18.1 Å². The Kier molecular flexibility index (Phi) is 5.41. The fourth-order valence-corrected chi connectivity index (χ4v) is 3.20. The molecular formula is C17H28N2O. The highest BCUT2D eigenvalue weighted by Gasteiger charge is 2.31. The topological polar surface area (TPSA) is 34.1 Å². The van der Waals surface area contributed by atoms with E-state index in [-0.39, 0.29) is 0 Å². The monoisotopic (exact) mass is 276 g/mol. The minimum Gasteiger partial charge on any atom is -0.373 e. The van der Waals surface area contributed by atoms with Crippen molar-refractivity contribution in [1.29, 1.82) is 0 Å². The van der Waals surface area contributed by atoms with Crippen LogP contribution in [0.1, 0.15) is 45.7 Å². The van der Waals surface area contributed by atoms with Crippen LogP contribution in [0.15, 0.2) is 18.2 Å². The summed E-state index contributed by atoms with van der Waals surface area (Å²) in [7, 11) is 1.89. The predicted molar refractivity (Wildman–Crippen MR) is 83.7 cm³/mol. The Morgan fingerprint density at radius 1 is 1.35 bits per heavy atom. The highest BCUT2D eigenvalue weighted by Crippen LogP contribution is 2.35. The van der Waals surface area contributed by atoms with E-state index in [4.69, 9.17) is 4.74 Å². The van der Waals surface area contributed by atoms with Gasteiger partial charge in [0, 0.05) is 7.05 Å². The lowest BCUT2D eigenvalue weighted by atomic mass is 9.75. The molecule has 3 nitrogen and oxygen atoms in total. The summed E-state index contributed by atoms with van der Waals surface area (Å²) in [6, 6.07) is 6.04. The van der Waals surface area contributed by atoms with E-state index in [1.165, 1.54) is 19.3 Å². The van der Waals surface area contributed by atoms with Gasteiger partial charge in [-0.25, -0.2) is 4.98 Å². The van der Waals surface area contributed by atoms with E-state index in [1.807, 2.05) is 25.2 Å². The van der Waals surface area contributed by atoms with Crippen LogP contribution in [0.5, 0.6) is 0 Å². The predicted octanol–water partition coefficient (Wildman–Crippen LogP) is 4.10. The summed E-state index contributed by atoms with van der Waals surface area (Å²) < 4.78 is 6.22. The number of hydrogen-bond donors (Lipinski definition) is 1. The Morgan fingerprint density at radius 3 is 2.85 bits per heavy atom. The second kappa shape index (κ2) is 7.07. The average molecular weight is 276 g/mol. The smallest absolute Gasteiger partial charge is 0.126 e. The molecule has 3 heteroatoms. The van der Waals surface area contributed by atoms with E-state index in [9.17, 15) is 0 Å². The van der Waals surface area contributed by atoms with Crippen molar-refractivity contribution in [3.8, 4) is 0 Å². The van der Waals surface area contributed by atoms with Gasteiger partial charge in [0.15, 0.2) is 0 Å². The minimum atomic E-state index is 0.388. The summed E-state index contributed by atoms with van der Waals surface area (Å²) in [4.78, 5) is 4.53. The summed E-state index contributed by atoms with van der Waals surface area (Å²) in [6.07, 6.45) is 4.22. The van der Waals surface area contributed by atoms with Gasteiger partial charge >= 0.3 is 0 Å². The van der Waals surface area contributed by atoms with E-state index in [0.717, 1.165) is 17.4 Å². The van der Waals surface area contributed by atoms with Crippen molar-refractivity contribution >= 4 is 5.82 Å². The summed E-state index contributed by atoms with van der Waals surface area (Å²) in [6.45, 7) is 7.59. The maximum atomic E-state index is 6.22. The Morgan fingerprint density at radius 2 is 2.15 bits per heavy atom. The fraction of sp³-hybridized carbons (Fsp3) is 0.706. The maximum Gasteiger partial charge on any atom is 0.126 e. The number of nitrogens with zero attached hydrogens (tertiary/aromatic N) is 1. The number of aromatic nitrogens is 1. The first-order valence-electron chi connectivity index (χ1n) is 7.85. The Hall–Kier alpha value is -1.09. The first-order chi connectivity index (χ1) is 9.60. The second-order valence-electron chi connectivity index (χ2n) is 6.44. The molecule has 0 amide bonds. The third-order valence-electron chi connectivity index (χ3n) is 4.47. The number of rotatable bonds is 5. The second-order valence-corrected chi connectivity index (χ2v) is 6.44. The van der Waals surface area contributed by atoms with Gasteiger partial charge in [-0.05, 0) is 42.7 Å². The molecule has 0 aliphatic heterocycles. The van der Waals surface area contributed by atoms with Gasteiger partial charge in [-0.1, -0.05) is 33.3 Å². The molecule has 1 aliphatic carbocycles. The van der Waals surface area contributed by atoms with Crippen molar-refractivity contribution in [2.75, 3.05) is 12.4 Å². The lowest BCUT2D eigenvalue weighted by molar-refractivity contribution is -0.0482. The number of nitrogens with one attached hydrogen (secondary N) is 1. The van der Waals surface area contributed by atoms with Gasteiger partial charge in [-0.15, -0.1) is 0 Å². The molecule has 1 aliphatic rings. The molecule has 1 saturated carbocycles. The van der Waals surface area contributed by atoms with E-state index in [2.05, 4.69) is 31.1 Å². The van der Waals surface area contributed by atoms with Crippen molar-refractivity contribution in [3.05, 3.63) is 23.9 Å². The molecule has 1 N–H and O–H groups in total. The van der Waals surface area contributed by atoms with Crippen LogP contribution in [0.4, 0.5) is 5.82 Å². The van der Waals surface area contributed by atoms with Gasteiger partial charge < -0.3 is 10.1 Å². The van der Waals surface area contributed by atoms with Gasteiger partial charge in [-0.2, -0.15) is 0 Å². The number of ether oxygens (including phenoxy) is 1. The van der Waals surface area contributed by atoms with E-state index >= 15 is 0 Å². The van der Waals surface area contributed by atoms with Crippen molar-refractivity contribution in [2.24, 2.45) is 17.8 Å². The van der Waals surface area contributed by atoms with Gasteiger partial charge in [-0.3, -0.25) is 0 Å². The molecule has 2 rings (SSSR count). The molecule has 1 fully saturated rings. The summed E-state index contributed by atoms with van der Waals surface area (Å²) in [5.41, 5.74) is 1.01. The molecule has 1 aromatic rings. The highest BCUT2D eigenvalue weighted by molar-refractivity contribution is 5.34. The van der Waals surface area contributed by atoms with Crippen LogP contribution in [0.3, 0.4) is 0 Å². The minimum absolute atomic E-state index is 0.388. The lowest BCUT2D eigenvalue weighted by Gasteiger charge is -2.37. The largest absolute Gasteiger partial charge is 0.373 e. The third kappa shape index (κ3) is 3.95. The Bertz CT molecular complexity index is 419. The summed E-state index contributed by atoms with van der Waals surface area (Å²) in [5.74, 6) is 3.08. The van der Waals surface area contributed by atoms with E-state index in [0.29, 0.717) is 24.5 Å². The summed E-state index contributed by atoms with van der Waals surface area (Å²) in [5, 5.41) is 3.07. The SMILES string of the molecule is CNc1cccc(COC2CC(C)CCC2C(C)C)n1. The Labute approximate surface area is 123 Å². The quantitative estimate of drug-likeness (QED) is 0.879. The number of hydrogen-bond acceptors (Lipinski definition) is 3. The van der Waals surface area contributed by atoms with Gasteiger partial charge in [0.25, 0.3) is 0 Å². The fourth-order valence-electron chi connectivity index (χ4n) is 3.20. The molecule has 0 spiro atoms. The van der Waals surface area contributed by atoms with E-state index in [1.54, 1.807) is 0 Å². The maximum absolute atomic E-state index is 6.22. The number of anilines is 1. The molecule has 1 aromatic heterocycles. The normalized spacial score (nSPS) is 26.8. The molecule has 3 unspecified atom stereocenters. The Balaban J connectivity index is 1.96. The van der Waals surface area contributed by atoms with Crippen molar-refractivity contribution in [1.82, 2.24) is 4.98 Å². The van der Waals surface area contributed by atoms with Crippen molar-refractivity contribution < 1.29 is 4.74 Å². The first kappa shape index (κ1) is 15.3. The first-order valence-corrected chi connectivity index (χ1v) is 7.85. The lowest BCUT2D eigenvalue weighted by Crippen LogP contribution is -2.34. The third-order valence-corrected chi connectivity index (χ3v) is 4.47. The van der Waals surface area contributed by atoms with Crippen molar-refractivity contribution in [3.63, 3.8) is 0 Å². The van der Waals surface area contributed by atoms with Gasteiger partial charge in [0.2, 0.25) is 0 Å². The van der Waals surface area contributed by atoms with Crippen LogP contribution in [-0.2, 0) is 11.3 Å². The molecule has 3 atom stereocenters. The van der Waals surface area contributed by atoms with Crippen LogP contribution >= 0.6 is 0 Å². The van der Waals surface area contributed by atoms with E-state index < -0.39 is 0 Å². The average Bonchev–Trinajstić information content (AvgIpc) is 2.45. The molecule has 0 bridgehead atoms. The zero-order chi connectivity index (χ0) is 14.5. The van der Waals surface area contributed by atoms with Crippen LogP contribution in [0.25, 0.3) is 0 Å². The molecule has 20 heavy (non-hydrogen) atoms. The van der Waals surface area contributed by atoms with Crippen LogP contribution < -0.4 is 5.32 Å². The molecular weight excluding hydrogens is 248 g/mol. The summed E-state index contributed by atoms with van der Waals surface area (Å²) >= 11 is 0. The van der Waals surface area contributed by atoms with Crippen LogP contribution in [0, 0.1) is 17.8 Å². The van der Waals surface area contributed by atoms with Crippen LogP contribution in [0.2, 0.25) is 0 Å². The molecule has 112 valence electrons. The number of pyridine rings is 1. The highest BCUT2D eigenvalue weighted by atomic mass is 16.5. The standard InChI is InChI=1S/C17H28N2O/c1-12(2)15-9-8-13(3)10-16(15)20-11-14-6-5-7-17(18-4)19-14/h5-7,12-13,15-16H,8-11H2,1-4H3,(H,18,19). The van der Waals surface area contributed by atoms with Crippen molar-refractivity contribution in [2.45, 2.75) is 52.7 Å². The zero-order valence-corrected chi connectivity index (χ0v) is 13.2. The molecule has 0 saturated heterocycles. The zero-order valence-electron chi connectivity index (χ0n) is 13.2.